The summed E-state index contributed by atoms with van der Waals surface area (Å²) in [6, 6.07) is -0.0656. The van der Waals surface area contributed by atoms with Crippen molar-refractivity contribution in [3.05, 3.63) is 0 Å². The molecule has 0 saturated carbocycles. The SMILES string of the molecule is CCCCOC(=S)NC1CCS(=O)(=O)C1. The van der Waals surface area contributed by atoms with E-state index in [1.165, 1.54) is 0 Å². The van der Waals surface area contributed by atoms with Crippen LogP contribution >= 0.6 is 12.2 Å². The smallest absolute Gasteiger partial charge is 0.256 e. The first-order valence-corrected chi connectivity index (χ1v) is 7.40. The highest BCUT2D eigenvalue weighted by atomic mass is 32.2. The molecule has 1 aliphatic rings. The van der Waals surface area contributed by atoms with Gasteiger partial charge < -0.3 is 10.1 Å². The normalized spacial score (nSPS) is 23.7. The number of rotatable bonds is 4. The summed E-state index contributed by atoms with van der Waals surface area (Å²) in [6.07, 6.45) is 2.64. The Morgan fingerprint density at radius 1 is 1.60 bits per heavy atom. The van der Waals surface area contributed by atoms with Gasteiger partial charge >= 0.3 is 0 Å². The van der Waals surface area contributed by atoms with Crippen LogP contribution in [0, 0.1) is 0 Å². The van der Waals surface area contributed by atoms with Gasteiger partial charge in [0, 0.05) is 6.04 Å². The molecule has 1 saturated heterocycles. The summed E-state index contributed by atoms with van der Waals surface area (Å²) in [4.78, 5) is 0. The molecule has 0 aromatic rings. The number of ether oxygens (including phenoxy) is 1. The van der Waals surface area contributed by atoms with Gasteiger partial charge in [-0.05, 0) is 25.1 Å². The van der Waals surface area contributed by atoms with E-state index in [1.807, 2.05) is 0 Å². The van der Waals surface area contributed by atoms with E-state index in [1.54, 1.807) is 0 Å². The highest BCUT2D eigenvalue weighted by molar-refractivity contribution is 7.91. The summed E-state index contributed by atoms with van der Waals surface area (Å²) in [5.41, 5.74) is 0. The summed E-state index contributed by atoms with van der Waals surface area (Å²) in [5, 5.41) is 3.25. The summed E-state index contributed by atoms with van der Waals surface area (Å²) >= 11 is 4.95. The van der Waals surface area contributed by atoms with Crippen molar-refractivity contribution in [2.24, 2.45) is 0 Å². The lowest BCUT2D eigenvalue weighted by Gasteiger charge is -2.13. The largest absolute Gasteiger partial charge is 0.471 e. The quantitative estimate of drug-likeness (QED) is 0.593. The molecule has 0 radical (unpaired) electrons. The van der Waals surface area contributed by atoms with Crippen LogP contribution in [0.3, 0.4) is 0 Å². The lowest BCUT2D eigenvalue weighted by atomic mass is 10.3. The maximum absolute atomic E-state index is 11.2. The molecule has 1 N–H and O–H groups in total. The molecule has 1 unspecified atom stereocenters. The second-order valence-electron chi connectivity index (χ2n) is 3.73. The molecule has 15 heavy (non-hydrogen) atoms. The van der Waals surface area contributed by atoms with Gasteiger partial charge in [-0.1, -0.05) is 13.3 Å². The Labute approximate surface area is 96.3 Å². The van der Waals surface area contributed by atoms with Crippen molar-refractivity contribution in [1.29, 1.82) is 0 Å². The summed E-state index contributed by atoms with van der Waals surface area (Å²) in [6.45, 7) is 2.67. The van der Waals surface area contributed by atoms with Crippen LogP contribution in [0.25, 0.3) is 0 Å². The van der Waals surface area contributed by atoms with Gasteiger partial charge in [0.2, 0.25) is 0 Å². The van der Waals surface area contributed by atoms with Gasteiger partial charge in [-0.3, -0.25) is 0 Å². The maximum Gasteiger partial charge on any atom is 0.256 e. The molecule has 0 bridgehead atoms. The van der Waals surface area contributed by atoms with Gasteiger partial charge in [0.05, 0.1) is 18.1 Å². The van der Waals surface area contributed by atoms with E-state index < -0.39 is 9.84 Å². The molecular formula is C9H17NO3S2. The molecule has 0 amide bonds. The van der Waals surface area contributed by atoms with E-state index in [2.05, 4.69) is 12.2 Å². The highest BCUT2D eigenvalue weighted by Crippen LogP contribution is 2.11. The van der Waals surface area contributed by atoms with Crippen LogP contribution in [0.4, 0.5) is 0 Å². The second kappa shape index (κ2) is 5.65. The average molecular weight is 251 g/mol. The first-order chi connectivity index (χ1) is 7.03. The average Bonchev–Trinajstić information content (AvgIpc) is 2.46. The van der Waals surface area contributed by atoms with Crippen LogP contribution < -0.4 is 5.32 Å². The predicted molar refractivity (Wildman–Crippen MR) is 63.7 cm³/mol. The number of hydrogen-bond donors (Lipinski definition) is 1. The zero-order chi connectivity index (χ0) is 11.3. The maximum atomic E-state index is 11.2. The number of thiocarbonyl (C=S) groups is 1. The van der Waals surface area contributed by atoms with Crippen molar-refractivity contribution in [3.63, 3.8) is 0 Å². The molecule has 88 valence electrons. The third-order valence-corrected chi connectivity index (χ3v) is 4.29. The van der Waals surface area contributed by atoms with Crippen molar-refractivity contribution in [2.45, 2.75) is 32.2 Å². The van der Waals surface area contributed by atoms with Crippen molar-refractivity contribution in [2.75, 3.05) is 18.1 Å². The third kappa shape index (κ3) is 4.79. The number of unbranched alkanes of at least 4 members (excludes halogenated alkanes) is 1. The Morgan fingerprint density at radius 3 is 2.87 bits per heavy atom. The molecule has 0 aliphatic carbocycles. The van der Waals surface area contributed by atoms with Gasteiger partial charge in [0.1, 0.15) is 0 Å². The van der Waals surface area contributed by atoms with E-state index in [0.717, 1.165) is 12.8 Å². The van der Waals surface area contributed by atoms with Crippen molar-refractivity contribution < 1.29 is 13.2 Å². The lowest BCUT2D eigenvalue weighted by molar-refractivity contribution is 0.287. The van der Waals surface area contributed by atoms with E-state index in [4.69, 9.17) is 17.0 Å². The number of nitrogens with one attached hydrogen (secondary N) is 1. The number of sulfone groups is 1. The zero-order valence-electron chi connectivity index (χ0n) is 8.86. The van der Waals surface area contributed by atoms with E-state index in [9.17, 15) is 8.42 Å². The highest BCUT2D eigenvalue weighted by Gasteiger charge is 2.28. The zero-order valence-corrected chi connectivity index (χ0v) is 10.5. The molecule has 1 aliphatic heterocycles. The Bertz CT molecular complexity index is 313. The van der Waals surface area contributed by atoms with Crippen LogP contribution in [0.5, 0.6) is 0 Å². The first kappa shape index (κ1) is 12.7. The Balaban J connectivity index is 2.22. The fourth-order valence-corrected chi connectivity index (χ4v) is 3.35. The van der Waals surface area contributed by atoms with E-state index >= 15 is 0 Å². The standard InChI is InChI=1S/C9H17NO3S2/c1-2-3-5-13-9(14)10-8-4-6-15(11,12)7-8/h8H,2-7H2,1H3,(H,10,14). The van der Waals surface area contributed by atoms with Gasteiger partial charge in [0.25, 0.3) is 5.17 Å². The molecule has 4 nitrogen and oxygen atoms in total. The molecule has 1 fully saturated rings. The molecular weight excluding hydrogens is 234 g/mol. The van der Waals surface area contributed by atoms with Gasteiger partial charge in [0.15, 0.2) is 9.84 Å². The fourth-order valence-electron chi connectivity index (χ4n) is 1.43. The predicted octanol–water partition coefficient (Wildman–Crippen LogP) is 0.865. The van der Waals surface area contributed by atoms with Crippen molar-refractivity contribution in [1.82, 2.24) is 5.32 Å². The molecule has 0 aromatic heterocycles. The lowest BCUT2D eigenvalue weighted by Crippen LogP contribution is -2.35. The molecule has 0 aromatic carbocycles. The van der Waals surface area contributed by atoms with Crippen LogP contribution in [0.15, 0.2) is 0 Å². The minimum atomic E-state index is -2.84. The van der Waals surface area contributed by atoms with Crippen LogP contribution in [-0.4, -0.2) is 37.7 Å². The van der Waals surface area contributed by atoms with Crippen LogP contribution in [0.2, 0.25) is 0 Å². The summed E-state index contributed by atoms with van der Waals surface area (Å²) in [5.74, 6) is 0.423. The monoisotopic (exact) mass is 251 g/mol. The summed E-state index contributed by atoms with van der Waals surface area (Å²) in [7, 11) is -2.84. The Hall–Kier alpha value is -0.360. The minimum Gasteiger partial charge on any atom is -0.471 e. The van der Waals surface area contributed by atoms with E-state index in [-0.39, 0.29) is 17.5 Å². The summed E-state index contributed by atoms with van der Waals surface area (Å²) < 4.78 is 27.6. The number of hydrogen-bond acceptors (Lipinski definition) is 4. The second-order valence-corrected chi connectivity index (χ2v) is 6.33. The molecule has 6 heteroatoms. The van der Waals surface area contributed by atoms with Gasteiger partial charge in [-0.15, -0.1) is 0 Å². The molecule has 1 heterocycles. The van der Waals surface area contributed by atoms with Crippen LogP contribution in [-0.2, 0) is 14.6 Å². The molecule has 1 rings (SSSR count). The Kier molecular flexibility index (Phi) is 4.79. The molecule has 0 spiro atoms. The van der Waals surface area contributed by atoms with Gasteiger partial charge in [-0.2, -0.15) is 0 Å². The Morgan fingerprint density at radius 2 is 2.33 bits per heavy atom. The third-order valence-electron chi connectivity index (χ3n) is 2.29. The van der Waals surface area contributed by atoms with Crippen molar-refractivity contribution in [3.8, 4) is 0 Å². The minimum absolute atomic E-state index is 0.0656. The van der Waals surface area contributed by atoms with Crippen molar-refractivity contribution >= 4 is 27.2 Å². The van der Waals surface area contributed by atoms with Crippen LogP contribution in [0.1, 0.15) is 26.2 Å². The van der Waals surface area contributed by atoms with E-state index in [0.29, 0.717) is 18.2 Å². The fraction of sp³-hybridized carbons (Fsp3) is 0.889. The first-order valence-electron chi connectivity index (χ1n) is 5.17. The topological polar surface area (TPSA) is 55.4 Å². The molecule has 1 atom stereocenters. The van der Waals surface area contributed by atoms with Gasteiger partial charge in [-0.25, -0.2) is 8.42 Å².